The van der Waals surface area contributed by atoms with E-state index < -0.39 is 59.8 Å². The molecule has 0 radical (unpaired) electrons. The molecule has 236 valence electrons. The first-order valence-corrected chi connectivity index (χ1v) is 15.3. The number of allylic oxidation sites excluding steroid dienone is 8. The van der Waals surface area contributed by atoms with Crippen molar-refractivity contribution in [2.24, 2.45) is 0 Å². The van der Waals surface area contributed by atoms with E-state index >= 15 is 0 Å². The van der Waals surface area contributed by atoms with Crippen molar-refractivity contribution in [2.75, 3.05) is 26.4 Å². The highest BCUT2D eigenvalue weighted by molar-refractivity contribution is 7.80. The van der Waals surface area contributed by atoms with Crippen molar-refractivity contribution in [2.45, 2.75) is 95.6 Å². The Morgan fingerprint density at radius 3 is 2.10 bits per heavy atom. The van der Waals surface area contributed by atoms with Gasteiger partial charge in [0.05, 0.1) is 19.8 Å². The Balaban J connectivity index is 2.44. The summed E-state index contributed by atoms with van der Waals surface area (Å²) in [6.07, 6.45) is 13.1. The van der Waals surface area contributed by atoms with Crippen molar-refractivity contribution in [1.29, 1.82) is 0 Å². The minimum atomic E-state index is -5.04. The molecule has 6 atom stereocenters. The third-order valence-electron chi connectivity index (χ3n) is 5.77. The van der Waals surface area contributed by atoms with Crippen LogP contribution in [0.25, 0.3) is 0 Å². The van der Waals surface area contributed by atoms with Crippen molar-refractivity contribution in [3.8, 4) is 0 Å². The monoisotopic (exact) mass is 606 g/mol. The zero-order valence-electron chi connectivity index (χ0n) is 23.8. The van der Waals surface area contributed by atoms with Gasteiger partial charge >= 0.3 is 16.4 Å². The van der Waals surface area contributed by atoms with E-state index in [1.54, 1.807) is 6.92 Å². The van der Waals surface area contributed by atoms with E-state index in [-0.39, 0.29) is 19.6 Å². The first-order valence-electron chi connectivity index (χ1n) is 13.9. The molecule has 4 N–H and O–H groups in total. The predicted octanol–water partition coefficient (Wildman–Crippen LogP) is 2.55. The van der Waals surface area contributed by atoms with Crippen LogP contribution in [0.3, 0.4) is 0 Å². The molecule has 12 nitrogen and oxygen atoms in total. The lowest BCUT2D eigenvalue weighted by molar-refractivity contribution is -0.301. The molecule has 0 spiro atoms. The van der Waals surface area contributed by atoms with Gasteiger partial charge < -0.3 is 34.3 Å². The van der Waals surface area contributed by atoms with E-state index in [9.17, 15) is 28.5 Å². The molecule has 0 aromatic carbocycles. The molecule has 1 heterocycles. The summed E-state index contributed by atoms with van der Waals surface area (Å²) in [5, 5.41) is 29.9. The second-order valence-corrected chi connectivity index (χ2v) is 10.3. The number of aliphatic hydroxyl groups excluding tert-OH is 3. The SMILES string of the molecule is CC/C=C\C/C=C\C/C=C\C/C=C\CCCOCC(COC1OC(CO)C(O)C(OS(=O)(=O)O)C1O)OC(=O)CC. The van der Waals surface area contributed by atoms with Crippen molar-refractivity contribution < 1.29 is 56.2 Å². The minimum absolute atomic E-state index is 0.0141. The molecule has 0 aliphatic carbocycles. The van der Waals surface area contributed by atoms with E-state index in [0.29, 0.717) is 6.61 Å². The van der Waals surface area contributed by atoms with Crippen LogP contribution in [0.2, 0.25) is 0 Å². The summed E-state index contributed by atoms with van der Waals surface area (Å²) in [7, 11) is -5.04. The maximum Gasteiger partial charge on any atom is 0.397 e. The second kappa shape index (κ2) is 21.7. The topological polar surface area (TPSA) is 178 Å². The Kier molecular flexibility index (Phi) is 19.6. The number of hydrogen-bond acceptors (Lipinski definition) is 11. The predicted molar refractivity (Wildman–Crippen MR) is 151 cm³/mol. The van der Waals surface area contributed by atoms with Crippen LogP contribution in [0.4, 0.5) is 0 Å². The molecule has 1 rings (SSSR count). The Hall–Kier alpha value is -1.94. The van der Waals surface area contributed by atoms with Crippen LogP contribution in [0.1, 0.15) is 58.8 Å². The van der Waals surface area contributed by atoms with Gasteiger partial charge in [0, 0.05) is 13.0 Å². The highest BCUT2D eigenvalue weighted by atomic mass is 32.3. The molecular formula is C28H46O12S. The Bertz CT molecular complexity index is 930. The molecule has 1 saturated heterocycles. The number of ether oxygens (including phenoxy) is 4. The van der Waals surface area contributed by atoms with Crippen molar-refractivity contribution in [3.05, 3.63) is 48.6 Å². The highest BCUT2D eigenvalue weighted by Crippen LogP contribution is 2.25. The maximum absolute atomic E-state index is 11.8. The first-order chi connectivity index (χ1) is 19.6. The molecule has 13 heteroatoms. The molecule has 0 bridgehead atoms. The normalized spacial score (nSPS) is 24.7. The lowest BCUT2D eigenvalue weighted by atomic mass is 9.99. The van der Waals surface area contributed by atoms with Crippen molar-refractivity contribution >= 4 is 16.4 Å². The van der Waals surface area contributed by atoms with Gasteiger partial charge in [-0.05, 0) is 38.5 Å². The van der Waals surface area contributed by atoms with Crippen LogP contribution in [0.5, 0.6) is 0 Å². The number of unbranched alkanes of at least 4 members (excludes halogenated alkanes) is 1. The molecule has 6 unspecified atom stereocenters. The molecule has 0 saturated carbocycles. The fourth-order valence-corrected chi connectivity index (χ4v) is 4.16. The third kappa shape index (κ3) is 16.9. The van der Waals surface area contributed by atoms with E-state index in [2.05, 4.69) is 59.7 Å². The number of carbonyl (C=O) groups is 1. The third-order valence-corrected chi connectivity index (χ3v) is 6.24. The van der Waals surface area contributed by atoms with E-state index in [1.807, 2.05) is 0 Å². The summed E-state index contributed by atoms with van der Waals surface area (Å²) in [4.78, 5) is 11.8. The summed E-state index contributed by atoms with van der Waals surface area (Å²) in [6.45, 7) is 3.04. The zero-order valence-corrected chi connectivity index (χ0v) is 24.6. The van der Waals surface area contributed by atoms with Gasteiger partial charge in [0.25, 0.3) is 0 Å². The maximum atomic E-state index is 11.8. The first kappa shape index (κ1) is 37.1. The van der Waals surface area contributed by atoms with E-state index in [4.69, 9.17) is 23.5 Å². The largest absolute Gasteiger partial charge is 0.457 e. The summed E-state index contributed by atoms with van der Waals surface area (Å²) in [5.74, 6) is -0.511. The quantitative estimate of drug-likeness (QED) is 0.0650. The molecular weight excluding hydrogens is 560 g/mol. The average molecular weight is 607 g/mol. The van der Waals surface area contributed by atoms with Crippen LogP contribution in [-0.4, -0.2) is 97.5 Å². The summed E-state index contributed by atoms with van der Waals surface area (Å²) >= 11 is 0. The molecule has 0 amide bonds. The smallest absolute Gasteiger partial charge is 0.397 e. The number of esters is 1. The van der Waals surface area contributed by atoms with Crippen LogP contribution >= 0.6 is 0 Å². The number of rotatable bonds is 21. The molecule has 1 fully saturated rings. The van der Waals surface area contributed by atoms with Gasteiger partial charge in [-0.3, -0.25) is 9.35 Å². The molecule has 1 aliphatic rings. The number of aliphatic hydroxyl groups is 3. The van der Waals surface area contributed by atoms with Gasteiger partial charge in [-0.15, -0.1) is 0 Å². The van der Waals surface area contributed by atoms with Crippen molar-refractivity contribution in [3.63, 3.8) is 0 Å². The molecule has 41 heavy (non-hydrogen) atoms. The van der Waals surface area contributed by atoms with Crippen LogP contribution < -0.4 is 0 Å². The van der Waals surface area contributed by atoms with Gasteiger partial charge in [-0.2, -0.15) is 8.42 Å². The van der Waals surface area contributed by atoms with Gasteiger partial charge in [0.15, 0.2) is 6.29 Å². The highest BCUT2D eigenvalue weighted by Gasteiger charge is 2.47. The second-order valence-electron chi connectivity index (χ2n) is 9.21. The molecule has 0 aromatic rings. The lowest BCUT2D eigenvalue weighted by Crippen LogP contribution is -2.60. The summed E-state index contributed by atoms with van der Waals surface area (Å²) in [5.41, 5.74) is 0. The van der Waals surface area contributed by atoms with Crippen molar-refractivity contribution in [1.82, 2.24) is 0 Å². The van der Waals surface area contributed by atoms with Crippen LogP contribution in [-0.2, 0) is 38.3 Å². The molecule has 0 aromatic heterocycles. The number of carbonyl (C=O) groups excluding carboxylic acids is 1. The Labute approximate surface area is 243 Å². The summed E-state index contributed by atoms with van der Waals surface area (Å²) < 4.78 is 57.3. The standard InChI is InChI=1S/C28H46O12S/c1-3-5-6-7-8-9-10-11-12-13-14-15-16-17-18-36-20-22(38-24(30)4-2)21-37-28-26(32)27(40-41(33,34)35)25(31)23(19-29)39-28/h5-6,8-9,11-12,14-15,22-23,25-29,31-32H,3-4,7,10,13,16-21H2,1-2H3,(H,33,34,35)/b6-5-,9-8-,12-11-,15-14-. The fraction of sp³-hybridized carbons (Fsp3) is 0.679. The van der Waals surface area contributed by atoms with Gasteiger partial charge in [0.1, 0.15) is 30.5 Å². The lowest BCUT2D eigenvalue weighted by Gasteiger charge is -2.41. The van der Waals surface area contributed by atoms with Gasteiger partial charge in [0.2, 0.25) is 0 Å². The number of hydrogen-bond donors (Lipinski definition) is 4. The van der Waals surface area contributed by atoms with E-state index in [1.165, 1.54) is 0 Å². The Morgan fingerprint density at radius 2 is 1.54 bits per heavy atom. The van der Waals surface area contributed by atoms with Gasteiger partial charge in [-0.1, -0.05) is 62.5 Å². The van der Waals surface area contributed by atoms with Crippen LogP contribution in [0.15, 0.2) is 48.6 Å². The minimum Gasteiger partial charge on any atom is -0.457 e. The van der Waals surface area contributed by atoms with E-state index in [0.717, 1.165) is 38.5 Å². The summed E-state index contributed by atoms with van der Waals surface area (Å²) in [6, 6.07) is 0. The fourth-order valence-electron chi connectivity index (χ4n) is 3.65. The Morgan fingerprint density at radius 1 is 0.927 bits per heavy atom. The van der Waals surface area contributed by atoms with Gasteiger partial charge in [-0.25, -0.2) is 4.18 Å². The van der Waals surface area contributed by atoms with Crippen LogP contribution in [0, 0.1) is 0 Å². The zero-order chi connectivity index (χ0) is 30.5. The average Bonchev–Trinajstić information content (AvgIpc) is 2.93. The molecule has 1 aliphatic heterocycles.